The van der Waals surface area contributed by atoms with Gasteiger partial charge in [-0.05, 0) is 19.1 Å². The maximum Gasteiger partial charge on any atom is 0.318 e. The van der Waals surface area contributed by atoms with E-state index in [4.69, 9.17) is 4.74 Å². The third-order valence-corrected chi connectivity index (χ3v) is 3.38. The number of aromatic nitrogens is 5. The predicted molar refractivity (Wildman–Crippen MR) is 79.2 cm³/mol. The largest absolute Gasteiger partial charge is 0.464 e. The number of imidazole rings is 1. The van der Waals surface area contributed by atoms with Gasteiger partial charge in [0.05, 0.1) is 6.61 Å². The molecule has 0 spiro atoms. The van der Waals surface area contributed by atoms with Crippen molar-refractivity contribution in [3.05, 3.63) is 43.1 Å². The zero-order valence-corrected chi connectivity index (χ0v) is 11.4. The molecule has 6 heteroatoms. The van der Waals surface area contributed by atoms with Gasteiger partial charge in [0, 0.05) is 47.5 Å². The highest BCUT2D eigenvalue weighted by Crippen LogP contribution is 2.28. The molecule has 0 fully saturated rings. The second-order valence-electron chi connectivity index (χ2n) is 4.66. The van der Waals surface area contributed by atoms with Gasteiger partial charge in [-0.1, -0.05) is 0 Å². The summed E-state index contributed by atoms with van der Waals surface area (Å²) < 4.78 is 7.31. The predicted octanol–water partition coefficient (Wildman–Crippen LogP) is 2.67. The molecule has 0 aromatic carbocycles. The molecule has 0 unspecified atom stereocenters. The fourth-order valence-electron chi connectivity index (χ4n) is 2.41. The zero-order valence-electron chi connectivity index (χ0n) is 11.4. The van der Waals surface area contributed by atoms with Crippen LogP contribution in [-0.2, 0) is 0 Å². The molecule has 0 aliphatic rings. The summed E-state index contributed by atoms with van der Waals surface area (Å²) in [6, 6.07) is 4.42. The van der Waals surface area contributed by atoms with E-state index in [1.807, 2.05) is 42.0 Å². The summed E-state index contributed by atoms with van der Waals surface area (Å²) in [5, 5.41) is 0.970. The van der Waals surface area contributed by atoms with Crippen LogP contribution in [0.15, 0.2) is 43.1 Å². The van der Waals surface area contributed by atoms with Gasteiger partial charge in [0.2, 0.25) is 0 Å². The Balaban J connectivity index is 1.85. The van der Waals surface area contributed by atoms with E-state index in [1.54, 1.807) is 12.4 Å². The molecule has 0 bridgehead atoms. The van der Waals surface area contributed by atoms with Crippen LogP contribution in [-0.4, -0.2) is 30.9 Å². The number of H-pyrrole nitrogens is 1. The van der Waals surface area contributed by atoms with E-state index in [9.17, 15) is 0 Å². The van der Waals surface area contributed by atoms with E-state index >= 15 is 0 Å². The van der Waals surface area contributed by atoms with Crippen LogP contribution >= 0.6 is 0 Å². The molecule has 0 aliphatic carbocycles. The van der Waals surface area contributed by atoms with Crippen molar-refractivity contribution in [2.24, 2.45) is 0 Å². The average molecular weight is 279 g/mol. The highest BCUT2D eigenvalue weighted by atomic mass is 16.5. The molecule has 0 atom stereocenters. The number of aromatic amines is 1. The summed E-state index contributed by atoms with van der Waals surface area (Å²) in [7, 11) is 0. The Morgan fingerprint density at radius 3 is 3.14 bits per heavy atom. The van der Waals surface area contributed by atoms with Crippen LogP contribution in [0.25, 0.3) is 27.8 Å². The summed E-state index contributed by atoms with van der Waals surface area (Å²) in [6.07, 6.45) is 9.48. The fraction of sp³-hybridized carbons (Fsp3) is 0.133. The maximum atomic E-state index is 5.32. The van der Waals surface area contributed by atoms with Gasteiger partial charge in [-0.3, -0.25) is 0 Å². The Morgan fingerprint density at radius 2 is 2.24 bits per heavy atom. The topological polar surface area (TPSA) is 68.1 Å². The number of hydrogen-bond acceptors (Lipinski definition) is 4. The third-order valence-electron chi connectivity index (χ3n) is 3.38. The van der Waals surface area contributed by atoms with Crippen molar-refractivity contribution in [3.8, 4) is 17.1 Å². The van der Waals surface area contributed by atoms with Gasteiger partial charge in [-0.15, -0.1) is 0 Å². The minimum atomic E-state index is 0.392. The minimum absolute atomic E-state index is 0.392. The fourth-order valence-corrected chi connectivity index (χ4v) is 2.41. The van der Waals surface area contributed by atoms with Crippen LogP contribution in [0.1, 0.15) is 6.92 Å². The first kappa shape index (κ1) is 11.9. The van der Waals surface area contributed by atoms with Crippen molar-refractivity contribution in [3.63, 3.8) is 0 Å². The number of fused-ring (bicyclic) bond motifs is 2. The molecule has 0 saturated heterocycles. The van der Waals surface area contributed by atoms with Gasteiger partial charge in [0.1, 0.15) is 11.3 Å². The molecule has 21 heavy (non-hydrogen) atoms. The second kappa shape index (κ2) is 4.59. The summed E-state index contributed by atoms with van der Waals surface area (Å²) >= 11 is 0. The lowest BCUT2D eigenvalue weighted by atomic mass is 10.1. The van der Waals surface area contributed by atoms with Crippen LogP contribution in [0, 0.1) is 0 Å². The van der Waals surface area contributed by atoms with Crippen LogP contribution in [0.3, 0.4) is 0 Å². The molecule has 4 aromatic heterocycles. The molecule has 0 radical (unpaired) electrons. The molecular weight excluding hydrogens is 266 g/mol. The van der Waals surface area contributed by atoms with E-state index in [1.165, 1.54) is 0 Å². The van der Waals surface area contributed by atoms with E-state index in [0.29, 0.717) is 12.6 Å². The average Bonchev–Trinajstić information content (AvgIpc) is 3.12. The molecule has 4 aromatic rings. The summed E-state index contributed by atoms with van der Waals surface area (Å²) in [5.41, 5.74) is 3.84. The number of nitrogens with zero attached hydrogens (tertiary/aromatic N) is 4. The van der Waals surface area contributed by atoms with Crippen LogP contribution in [0.5, 0.6) is 6.01 Å². The lowest BCUT2D eigenvalue weighted by molar-refractivity contribution is 0.314. The third kappa shape index (κ3) is 1.92. The van der Waals surface area contributed by atoms with Crippen molar-refractivity contribution in [1.82, 2.24) is 24.3 Å². The quantitative estimate of drug-likeness (QED) is 0.626. The van der Waals surface area contributed by atoms with Gasteiger partial charge >= 0.3 is 6.01 Å². The van der Waals surface area contributed by atoms with E-state index in [0.717, 1.165) is 27.8 Å². The summed E-state index contributed by atoms with van der Waals surface area (Å²) in [4.78, 5) is 16.0. The number of pyridine rings is 1. The van der Waals surface area contributed by atoms with E-state index in [-0.39, 0.29) is 0 Å². The van der Waals surface area contributed by atoms with Gasteiger partial charge in [-0.2, -0.15) is 4.98 Å². The highest BCUT2D eigenvalue weighted by molar-refractivity contribution is 5.93. The summed E-state index contributed by atoms with van der Waals surface area (Å²) in [5.74, 6) is 0. The minimum Gasteiger partial charge on any atom is -0.464 e. The van der Waals surface area contributed by atoms with Crippen molar-refractivity contribution in [2.45, 2.75) is 6.92 Å². The molecule has 0 amide bonds. The van der Waals surface area contributed by atoms with Crippen LogP contribution < -0.4 is 4.74 Å². The second-order valence-corrected chi connectivity index (χ2v) is 4.66. The Bertz CT molecular complexity index is 924. The zero-order chi connectivity index (χ0) is 14.2. The first-order valence-electron chi connectivity index (χ1n) is 6.75. The normalized spacial score (nSPS) is 11.3. The van der Waals surface area contributed by atoms with Crippen molar-refractivity contribution < 1.29 is 4.74 Å². The van der Waals surface area contributed by atoms with Gasteiger partial charge in [0.15, 0.2) is 0 Å². The standard InChI is InChI=1S/C15H13N5O/c1-2-21-15-18-8-12-11(7-17-14(12)19-15)10-3-4-13-16-5-6-20(13)9-10/h3-9H,2H2,1H3,(H,17,18,19). The lowest BCUT2D eigenvalue weighted by Gasteiger charge is -2.02. The Kier molecular flexibility index (Phi) is 2.60. The molecule has 0 saturated carbocycles. The van der Waals surface area contributed by atoms with Crippen molar-refractivity contribution >= 4 is 16.7 Å². The van der Waals surface area contributed by atoms with Crippen LogP contribution in [0.2, 0.25) is 0 Å². The van der Waals surface area contributed by atoms with Crippen molar-refractivity contribution in [2.75, 3.05) is 6.61 Å². The first-order chi connectivity index (χ1) is 10.3. The molecule has 6 nitrogen and oxygen atoms in total. The highest BCUT2D eigenvalue weighted by Gasteiger charge is 2.10. The molecule has 4 heterocycles. The first-order valence-corrected chi connectivity index (χ1v) is 6.75. The van der Waals surface area contributed by atoms with Gasteiger partial charge < -0.3 is 14.1 Å². The molecule has 0 aliphatic heterocycles. The van der Waals surface area contributed by atoms with Crippen molar-refractivity contribution in [1.29, 1.82) is 0 Å². The summed E-state index contributed by atoms with van der Waals surface area (Å²) in [6.45, 7) is 2.46. The smallest absolute Gasteiger partial charge is 0.318 e. The van der Waals surface area contributed by atoms with Crippen LogP contribution in [0.4, 0.5) is 0 Å². The van der Waals surface area contributed by atoms with Gasteiger partial charge in [0.25, 0.3) is 0 Å². The SMILES string of the molecule is CCOc1ncc2c(-c3ccc4nccn4c3)c[nH]c2n1. The van der Waals surface area contributed by atoms with Gasteiger partial charge in [-0.25, -0.2) is 9.97 Å². The maximum absolute atomic E-state index is 5.32. The number of rotatable bonds is 3. The molecule has 1 N–H and O–H groups in total. The molecular formula is C15H13N5O. The Hall–Kier alpha value is -2.89. The molecule has 4 rings (SSSR count). The monoisotopic (exact) mass is 279 g/mol. The molecule has 104 valence electrons. The Morgan fingerprint density at radius 1 is 1.29 bits per heavy atom. The number of nitrogens with one attached hydrogen (secondary N) is 1. The number of ether oxygens (including phenoxy) is 1. The Labute approximate surface area is 120 Å². The lowest BCUT2D eigenvalue weighted by Crippen LogP contribution is -1.96. The van der Waals surface area contributed by atoms with E-state index in [2.05, 4.69) is 19.9 Å². The van der Waals surface area contributed by atoms with E-state index < -0.39 is 0 Å². The number of hydrogen-bond donors (Lipinski definition) is 1.